The molecule has 3 rings (SSSR count). The van der Waals surface area contributed by atoms with E-state index >= 15 is 0 Å². The minimum absolute atomic E-state index is 0.0377. The standard InChI is InChI=1S/C18H25N5O2/c1-12-11-16(14(3)25-12)13(2)20-18(24)23-9-7-22(8-10-23)17-5-6-19-15(4)21-17/h5-6,11,13H,7-10H2,1-4H3,(H,20,24)/t13-/m1/s1. The minimum Gasteiger partial charge on any atom is -0.466 e. The van der Waals surface area contributed by atoms with Crippen LogP contribution in [0.2, 0.25) is 0 Å². The molecule has 0 saturated carbocycles. The van der Waals surface area contributed by atoms with Gasteiger partial charge in [0, 0.05) is 37.9 Å². The fraction of sp³-hybridized carbons (Fsp3) is 0.500. The summed E-state index contributed by atoms with van der Waals surface area (Å²) in [6.45, 7) is 10.6. The molecule has 0 aliphatic carbocycles. The Balaban J connectivity index is 1.55. The predicted octanol–water partition coefficient (Wildman–Crippen LogP) is 2.59. The summed E-state index contributed by atoms with van der Waals surface area (Å²) in [6.07, 6.45) is 1.77. The molecule has 3 heterocycles. The van der Waals surface area contributed by atoms with Crippen molar-refractivity contribution >= 4 is 11.8 Å². The second-order valence-electron chi connectivity index (χ2n) is 6.48. The van der Waals surface area contributed by atoms with E-state index < -0.39 is 0 Å². The van der Waals surface area contributed by atoms with Crippen LogP contribution in [0.25, 0.3) is 0 Å². The lowest BCUT2D eigenvalue weighted by Gasteiger charge is -2.35. The van der Waals surface area contributed by atoms with Gasteiger partial charge in [0.05, 0.1) is 6.04 Å². The highest BCUT2D eigenvalue weighted by Crippen LogP contribution is 2.21. The molecule has 2 aromatic heterocycles. The first kappa shape index (κ1) is 17.3. The molecule has 1 aliphatic rings. The van der Waals surface area contributed by atoms with Crippen LogP contribution < -0.4 is 10.2 Å². The third-order valence-electron chi connectivity index (χ3n) is 4.54. The van der Waals surface area contributed by atoms with E-state index in [-0.39, 0.29) is 12.1 Å². The summed E-state index contributed by atoms with van der Waals surface area (Å²) in [6, 6.07) is 3.78. The molecule has 2 amide bonds. The first-order valence-corrected chi connectivity index (χ1v) is 8.61. The number of carbonyl (C=O) groups is 1. The first-order chi connectivity index (χ1) is 11.9. The zero-order valence-electron chi connectivity index (χ0n) is 15.2. The van der Waals surface area contributed by atoms with Crippen LogP contribution in [-0.2, 0) is 0 Å². The van der Waals surface area contributed by atoms with Gasteiger partial charge in [0.1, 0.15) is 23.2 Å². The van der Waals surface area contributed by atoms with Crippen LogP contribution in [0, 0.1) is 20.8 Å². The number of furan rings is 1. The van der Waals surface area contributed by atoms with E-state index in [2.05, 4.69) is 20.2 Å². The largest absolute Gasteiger partial charge is 0.466 e. The van der Waals surface area contributed by atoms with Crippen molar-refractivity contribution in [1.82, 2.24) is 20.2 Å². The molecule has 1 aliphatic heterocycles. The number of aromatic nitrogens is 2. The van der Waals surface area contributed by atoms with Gasteiger partial charge in [0.15, 0.2) is 0 Å². The molecule has 0 aromatic carbocycles. The Morgan fingerprint density at radius 2 is 1.96 bits per heavy atom. The van der Waals surface area contributed by atoms with Gasteiger partial charge in [-0.15, -0.1) is 0 Å². The van der Waals surface area contributed by atoms with Gasteiger partial charge in [0.25, 0.3) is 0 Å². The molecule has 1 fully saturated rings. The number of amides is 2. The van der Waals surface area contributed by atoms with Crippen LogP contribution in [0.4, 0.5) is 10.6 Å². The number of nitrogens with zero attached hydrogens (tertiary/aromatic N) is 4. The predicted molar refractivity (Wildman–Crippen MR) is 95.7 cm³/mol. The zero-order chi connectivity index (χ0) is 18.0. The highest BCUT2D eigenvalue weighted by molar-refractivity contribution is 5.75. The Kier molecular flexibility index (Phi) is 4.92. The van der Waals surface area contributed by atoms with E-state index in [1.807, 2.05) is 44.7 Å². The van der Waals surface area contributed by atoms with E-state index in [0.29, 0.717) is 13.1 Å². The lowest BCUT2D eigenvalue weighted by atomic mass is 10.1. The van der Waals surface area contributed by atoms with Crippen LogP contribution in [-0.4, -0.2) is 47.1 Å². The Bertz CT molecular complexity index is 750. The Hall–Kier alpha value is -2.57. The van der Waals surface area contributed by atoms with E-state index in [4.69, 9.17) is 4.42 Å². The van der Waals surface area contributed by atoms with E-state index in [0.717, 1.165) is 41.8 Å². The van der Waals surface area contributed by atoms with Gasteiger partial charge < -0.3 is 19.5 Å². The number of carbonyl (C=O) groups excluding carboxylic acids is 1. The zero-order valence-corrected chi connectivity index (χ0v) is 15.2. The maximum Gasteiger partial charge on any atom is 0.317 e. The molecule has 2 aromatic rings. The maximum atomic E-state index is 12.5. The second kappa shape index (κ2) is 7.13. The number of nitrogens with one attached hydrogen (secondary N) is 1. The van der Waals surface area contributed by atoms with Crippen LogP contribution >= 0.6 is 0 Å². The van der Waals surface area contributed by atoms with Crippen molar-refractivity contribution in [2.45, 2.75) is 33.7 Å². The molecular formula is C18H25N5O2. The monoisotopic (exact) mass is 343 g/mol. The number of urea groups is 1. The number of hydrogen-bond donors (Lipinski definition) is 1. The second-order valence-corrected chi connectivity index (χ2v) is 6.48. The van der Waals surface area contributed by atoms with Gasteiger partial charge in [-0.25, -0.2) is 14.8 Å². The van der Waals surface area contributed by atoms with Crippen molar-refractivity contribution in [3.8, 4) is 0 Å². The molecule has 0 spiro atoms. The molecule has 0 unspecified atom stereocenters. The van der Waals surface area contributed by atoms with Crippen LogP contribution in [0.5, 0.6) is 0 Å². The summed E-state index contributed by atoms with van der Waals surface area (Å²) < 4.78 is 5.55. The van der Waals surface area contributed by atoms with E-state index in [1.54, 1.807) is 6.20 Å². The van der Waals surface area contributed by atoms with Crippen molar-refractivity contribution in [2.75, 3.05) is 31.1 Å². The third kappa shape index (κ3) is 3.92. The molecule has 134 valence electrons. The summed E-state index contributed by atoms with van der Waals surface area (Å²) in [5.41, 5.74) is 1.03. The Morgan fingerprint density at radius 3 is 2.56 bits per heavy atom. The maximum absolute atomic E-state index is 12.5. The van der Waals surface area contributed by atoms with Gasteiger partial charge in [0.2, 0.25) is 0 Å². The average Bonchev–Trinajstić information content (AvgIpc) is 2.93. The fourth-order valence-electron chi connectivity index (χ4n) is 3.19. The smallest absolute Gasteiger partial charge is 0.317 e. The Labute approximate surface area is 148 Å². The number of anilines is 1. The quantitative estimate of drug-likeness (QED) is 0.927. The van der Waals surface area contributed by atoms with E-state index in [9.17, 15) is 4.79 Å². The van der Waals surface area contributed by atoms with Crippen molar-refractivity contribution in [2.24, 2.45) is 0 Å². The highest BCUT2D eigenvalue weighted by atomic mass is 16.3. The summed E-state index contributed by atoms with van der Waals surface area (Å²) in [5.74, 6) is 3.40. The summed E-state index contributed by atoms with van der Waals surface area (Å²) in [4.78, 5) is 25.2. The molecular weight excluding hydrogens is 318 g/mol. The van der Waals surface area contributed by atoms with E-state index in [1.165, 1.54) is 0 Å². The molecule has 1 atom stereocenters. The molecule has 1 N–H and O–H groups in total. The van der Waals surface area contributed by atoms with Crippen LogP contribution in [0.3, 0.4) is 0 Å². The minimum atomic E-state index is -0.0764. The highest BCUT2D eigenvalue weighted by Gasteiger charge is 2.24. The van der Waals surface area contributed by atoms with Crippen molar-refractivity contribution in [3.63, 3.8) is 0 Å². The van der Waals surface area contributed by atoms with Gasteiger partial charge >= 0.3 is 6.03 Å². The third-order valence-corrected chi connectivity index (χ3v) is 4.54. The van der Waals surface area contributed by atoms with Crippen LogP contribution in [0.1, 0.15) is 35.9 Å². The number of aryl methyl sites for hydroxylation is 3. The molecule has 25 heavy (non-hydrogen) atoms. The van der Waals surface area contributed by atoms with Gasteiger partial charge in [-0.3, -0.25) is 0 Å². The molecule has 0 bridgehead atoms. The average molecular weight is 343 g/mol. The Morgan fingerprint density at radius 1 is 1.24 bits per heavy atom. The normalized spacial score (nSPS) is 16.0. The van der Waals surface area contributed by atoms with Gasteiger partial charge in [-0.1, -0.05) is 0 Å². The van der Waals surface area contributed by atoms with Gasteiger partial charge in [-0.2, -0.15) is 0 Å². The number of piperazine rings is 1. The van der Waals surface area contributed by atoms with Gasteiger partial charge in [-0.05, 0) is 39.8 Å². The molecule has 7 nitrogen and oxygen atoms in total. The van der Waals surface area contributed by atoms with Crippen LogP contribution in [0.15, 0.2) is 22.7 Å². The molecule has 1 saturated heterocycles. The fourth-order valence-corrected chi connectivity index (χ4v) is 3.19. The number of hydrogen-bond acceptors (Lipinski definition) is 5. The molecule has 0 radical (unpaired) electrons. The lowest BCUT2D eigenvalue weighted by Crippen LogP contribution is -2.52. The van der Waals surface area contributed by atoms with Crippen molar-refractivity contribution in [3.05, 3.63) is 41.2 Å². The SMILES string of the molecule is Cc1nccc(N2CCN(C(=O)N[C@H](C)c3cc(C)oc3C)CC2)n1. The first-order valence-electron chi connectivity index (χ1n) is 8.61. The van der Waals surface area contributed by atoms with Crippen molar-refractivity contribution < 1.29 is 9.21 Å². The summed E-state index contributed by atoms with van der Waals surface area (Å²) in [5, 5.41) is 3.07. The van der Waals surface area contributed by atoms with Crippen molar-refractivity contribution in [1.29, 1.82) is 0 Å². The summed E-state index contributed by atoms with van der Waals surface area (Å²) in [7, 11) is 0. The lowest BCUT2D eigenvalue weighted by molar-refractivity contribution is 0.191. The topological polar surface area (TPSA) is 74.5 Å². The summed E-state index contributed by atoms with van der Waals surface area (Å²) >= 11 is 0. The number of rotatable bonds is 3. The molecule has 7 heteroatoms.